The van der Waals surface area contributed by atoms with Crippen LogP contribution in [0.2, 0.25) is 0 Å². The standard InChI is InChI=1S/C28H21F5N6O3S/c1-16-2-3-18(12-42-14-28(31,32)33)23(10-16)39-24(40)13-43-27(39)36-26(41)35-22-9-4-17(11-21(22)30)25-34-15-38(37-25)20-7-5-19(29)6-8-20/h2-11,15H,12-14H2,1H3,(H,35,41). The van der Waals surface area contributed by atoms with E-state index in [0.29, 0.717) is 16.8 Å². The van der Waals surface area contributed by atoms with E-state index in [1.165, 1.54) is 53.5 Å². The number of aryl methyl sites for hydroxylation is 1. The van der Waals surface area contributed by atoms with Crippen molar-refractivity contribution in [3.05, 3.63) is 89.8 Å². The van der Waals surface area contributed by atoms with Gasteiger partial charge in [0.05, 0.1) is 29.4 Å². The van der Waals surface area contributed by atoms with Gasteiger partial charge in [0.15, 0.2) is 11.0 Å². The van der Waals surface area contributed by atoms with Crippen molar-refractivity contribution < 1.29 is 36.3 Å². The van der Waals surface area contributed by atoms with Gasteiger partial charge in [-0.2, -0.15) is 18.2 Å². The van der Waals surface area contributed by atoms with Crippen molar-refractivity contribution in [2.45, 2.75) is 19.7 Å². The number of nitrogens with zero attached hydrogens (tertiary/aromatic N) is 5. The molecule has 0 saturated carbocycles. The van der Waals surface area contributed by atoms with Crippen LogP contribution in [0, 0.1) is 18.6 Å². The van der Waals surface area contributed by atoms with Gasteiger partial charge in [-0.3, -0.25) is 9.69 Å². The van der Waals surface area contributed by atoms with Crippen LogP contribution < -0.4 is 10.2 Å². The molecule has 0 spiro atoms. The summed E-state index contributed by atoms with van der Waals surface area (Å²) in [5.74, 6) is -1.54. The number of thioether (sulfide) groups is 1. The second-order valence-corrected chi connectivity index (χ2v) is 10.2. The number of aromatic nitrogens is 3. The van der Waals surface area contributed by atoms with Gasteiger partial charge in [0.1, 0.15) is 24.6 Å². The van der Waals surface area contributed by atoms with Gasteiger partial charge in [0, 0.05) is 11.1 Å². The number of aliphatic imine (C=N–C) groups is 1. The van der Waals surface area contributed by atoms with Crippen LogP contribution in [0.5, 0.6) is 0 Å². The fourth-order valence-electron chi connectivity index (χ4n) is 4.06. The number of amidine groups is 1. The Bertz CT molecular complexity index is 1710. The number of halogens is 5. The summed E-state index contributed by atoms with van der Waals surface area (Å²) < 4.78 is 72.1. The maximum Gasteiger partial charge on any atom is 0.411 e. The van der Waals surface area contributed by atoms with Crippen molar-refractivity contribution in [3.63, 3.8) is 0 Å². The molecule has 4 aromatic rings. The lowest BCUT2D eigenvalue weighted by Gasteiger charge is -2.21. The van der Waals surface area contributed by atoms with E-state index in [1.54, 1.807) is 19.1 Å². The predicted octanol–water partition coefficient (Wildman–Crippen LogP) is 6.27. The summed E-state index contributed by atoms with van der Waals surface area (Å²) in [6.07, 6.45) is -3.13. The summed E-state index contributed by atoms with van der Waals surface area (Å²) in [6, 6.07) is 13.2. The number of amides is 3. The van der Waals surface area contributed by atoms with Crippen molar-refractivity contribution in [1.82, 2.24) is 14.8 Å². The van der Waals surface area contributed by atoms with E-state index in [-0.39, 0.29) is 33.7 Å². The Morgan fingerprint density at radius 1 is 1.09 bits per heavy atom. The molecule has 9 nitrogen and oxygen atoms in total. The van der Waals surface area contributed by atoms with E-state index >= 15 is 0 Å². The highest BCUT2D eigenvalue weighted by molar-refractivity contribution is 8.15. The topological polar surface area (TPSA) is 102 Å². The maximum atomic E-state index is 15.0. The first-order valence-electron chi connectivity index (χ1n) is 12.5. The molecule has 1 saturated heterocycles. The minimum atomic E-state index is -4.52. The van der Waals surface area contributed by atoms with Crippen LogP contribution >= 0.6 is 11.8 Å². The van der Waals surface area contributed by atoms with Crippen molar-refractivity contribution >= 4 is 40.2 Å². The second-order valence-electron chi connectivity index (χ2n) is 9.27. The number of hydrogen-bond donors (Lipinski definition) is 1. The lowest BCUT2D eigenvalue weighted by Crippen LogP contribution is -2.31. The molecule has 1 aromatic heterocycles. The van der Waals surface area contributed by atoms with Crippen LogP contribution in [0.3, 0.4) is 0 Å². The summed E-state index contributed by atoms with van der Waals surface area (Å²) in [7, 11) is 0. The fraction of sp³-hybridized carbons (Fsp3) is 0.179. The van der Waals surface area contributed by atoms with Crippen LogP contribution in [0.1, 0.15) is 11.1 Å². The van der Waals surface area contributed by atoms with E-state index in [0.717, 1.165) is 22.7 Å². The van der Waals surface area contributed by atoms with Gasteiger partial charge in [-0.1, -0.05) is 23.9 Å². The molecule has 1 N–H and O–H groups in total. The SMILES string of the molecule is Cc1ccc(COCC(F)(F)F)c(N2C(=O)CSC2=NC(=O)Nc2ccc(-c3ncn(-c4ccc(F)cc4)n3)cc2F)c1. The molecule has 1 fully saturated rings. The number of urea groups is 1. The molecule has 0 aliphatic carbocycles. The third kappa shape index (κ3) is 7.24. The summed E-state index contributed by atoms with van der Waals surface area (Å²) in [5.41, 5.74) is 1.89. The first kappa shape index (κ1) is 29.8. The molecule has 3 aromatic carbocycles. The lowest BCUT2D eigenvalue weighted by molar-refractivity contribution is -0.176. The summed E-state index contributed by atoms with van der Waals surface area (Å²) in [4.78, 5) is 34.7. The van der Waals surface area contributed by atoms with Crippen LogP contribution in [-0.4, -0.2) is 50.4 Å². The van der Waals surface area contributed by atoms with Gasteiger partial charge in [-0.15, -0.1) is 5.10 Å². The quantitative estimate of drug-likeness (QED) is 0.246. The van der Waals surface area contributed by atoms with Crippen LogP contribution in [-0.2, 0) is 16.1 Å². The van der Waals surface area contributed by atoms with Crippen LogP contribution in [0.15, 0.2) is 72.0 Å². The molecule has 5 rings (SSSR count). The van der Waals surface area contributed by atoms with Crippen molar-refractivity contribution in [2.75, 3.05) is 22.6 Å². The van der Waals surface area contributed by atoms with Gasteiger partial charge < -0.3 is 10.1 Å². The molecule has 3 amide bonds. The number of hydrogen-bond acceptors (Lipinski definition) is 6. The first-order chi connectivity index (χ1) is 20.5. The van der Waals surface area contributed by atoms with E-state index in [9.17, 15) is 31.5 Å². The number of nitrogens with one attached hydrogen (secondary N) is 1. The first-order valence-corrected chi connectivity index (χ1v) is 13.5. The number of anilines is 2. The molecule has 0 radical (unpaired) electrons. The molecule has 1 aliphatic heterocycles. The third-order valence-electron chi connectivity index (χ3n) is 6.02. The maximum absolute atomic E-state index is 15.0. The van der Waals surface area contributed by atoms with E-state index < -0.39 is 43.0 Å². The van der Waals surface area contributed by atoms with Gasteiger partial charge >= 0.3 is 12.2 Å². The van der Waals surface area contributed by atoms with E-state index in [1.807, 2.05) is 0 Å². The predicted molar refractivity (Wildman–Crippen MR) is 150 cm³/mol. The van der Waals surface area contributed by atoms with E-state index in [2.05, 4.69) is 20.4 Å². The molecule has 0 unspecified atom stereocenters. The molecule has 2 heterocycles. The highest BCUT2D eigenvalue weighted by atomic mass is 32.2. The van der Waals surface area contributed by atoms with Crippen LogP contribution in [0.4, 0.5) is 38.1 Å². The average Bonchev–Trinajstić information content (AvgIpc) is 3.57. The number of carbonyl (C=O) groups excluding carboxylic acids is 2. The van der Waals surface area contributed by atoms with Gasteiger partial charge in [-0.05, 0) is 61.0 Å². The Kier molecular flexibility index (Phi) is 8.54. The fourth-order valence-corrected chi connectivity index (χ4v) is 4.92. The monoisotopic (exact) mass is 616 g/mol. The summed E-state index contributed by atoms with van der Waals surface area (Å²) in [5, 5.41) is 6.57. The Morgan fingerprint density at radius 2 is 1.86 bits per heavy atom. The zero-order valence-corrected chi connectivity index (χ0v) is 23.0. The van der Waals surface area contributed by atoms with Gasteiger partial charge in [0.25, 0.3) is 0 Å². The van der Waals surface area contributed by atoms with Crippen molar-refractivity contribution in [1.29, 1.82) is 0 Å². The smallest absolute Gasteiger partial charge is 0.367 e. The number of benzene rings is 3. The molecular formula is C28H21F5N6O3S. The number of carbonyl (C=O) groups is 2. The largest absolute Gasteiger partial charge is 0.411 e. The zero-order chi connectivity index (χ0) is 30.7. The molecule has 0 bridgehead atoms. The highest BCUT2D eigenvalue weighted by Gasteiger charge is 2.33. The van der Waals surface area contributed by atoms with Crippen molar-refractivity contribution in [3.8, 4) is 17.1 Å². The van der Waals surface area contributed by atoms with Crippen molar-refractivity contribution in [2.24, 2.45) is 4.99 Å². The molecule has 1 aliphatic rings. The molecular weight excluding hydrogens is 595 g/mol. The van der Waals surface area contributed by atoms with Gasteiger partial charge in [-0.25, -0.2) is 23.2 Å². The van der Waals surface area contributed by atoms with E-state index in [4.69, 9.17) is 4.74 Å². The Hall–Kier alpha value is -4.63. The third-order valence-corrected chi connectivity index (χ3v) is 6.94. The minimum absolute atomic E-state index is 0.0299. The minimum Gasteiger partial charge on any atom is -0.367 e. The summed E-state index contributed by atoms with van der Waals surface area (Å²) >= 11 is 0.951. The highest BCUT2D eigenvalue weighted by Crippen LogP contribution is 2.32. The number of ether oxygens (including phenoxy) is 1. The molecule has 0 atom stereocenters. The van der Waals surface area contributed by atoms with Crippen LogP contribution in [0.25, 0.3) is 17.1 Å². The van der Waals surface area contributed by atoms with Gasteiger partial charge in [0.2, 0.25) is 5.91 Å². The summed E-state index contributed by atoms with van der Waals surface area (Å²) in [6.45, 7) is -0.170. The molecule has 15 heteroatoms. The zero-order valence-electron chi connectivity index (χ0n) is 22.2. The molecule has 222 valence electrons. The molecule has 43 heavy (non-hydrogen) atoms. The normalized spacial score (nSPS) is 14.5. The number of alkyl halides is 3. The Balaban J connectivity index is 1.32. The second kappa shape index (κ2) is 12.3. The average molecular weight is 617 g/mol. The lowest BCUT2D eigenvalue weighted by atomic mass is 10.1. The Labute approximate surface area is 245 Å². The Morgan fingerprint density at radius 3 is 2.58 bits per heavy atom. The number of rotatable bonds is 7.